The van der Waals surface area contributed by atoms with Crippen molar-refractivity contribution in [3.05, 3.63) is 161 Å². The highest BCUT2D eigenvalue weighted by Crippen LogP contribution is 2.57. The molecule has 10 amide bonds. The number of aliphatic carboxylic acids is 1. The van der Waals surface area contributed by atoms with Crippen molar-refractivity contribution in [3.63, 3.8) is 0 Å². The highest BCUT2D eigenvalue weighted by atomic mass is 32.2. The number of primary amides is 1. The van der Waals surface area contributed by atoms with E-state index in [4.69, 9.17) is 11.5 Å². The number of thioether (sulfide) groups is 2. The van der Waals surface area contributed by atoms with Crippen LogP contribution in [0.3, 0.4) is 0 Å². The zero-order valence-corrected chi connectivity index (χ0v) is 58.3. The second kappa shape index (κ2) is 32.1. The summed E-state index contributed by atoms with van der Waals surface area (Å²) in [7, 11) is 0. The van der Waals surface area contributed by atoms with E-state index in [1.165, 1.54) is 108 Å². The number of benzene rings is 4. The summed E-state index contributed by atoms with van der Waals surface area (Å²) in [6, 6.07) is 10.3. The normalized spacial score (nSPS) is 25.3. The molecule has 0 radical (unpaired) electrons. The van der Waals surface area contributed by atoms with Crippen LogP contribution < -0.4 is 54.0 Å². The summed E-state index contributed by atoms with van der Waals surface area (Å²) >= 11 is 2.79. The van der Waals surface area contributed by atoms with Gasteiger partial charge in [-0.1, -0.05) is 24.3 Å². The number of halogens is 3. The van der Waals surface area contributed by atoms with Crippen LogP contribution in [0, 0.1) is 17.5 Å². The van der Waals surface area contributed by atoms with Crippen molar-refractivity contribution in [3.8, 4) is 0 Å². The van der Waals surface area contributed by atoms with Gasteiger partial charge in [0.15, 0.2) is 0 Å². The minimum Gasteiger partial charge on any atom is -0.481 e. The monoisotopic (exact) mass is 1480 g/mol. The number of unbranched alkanes of at least 4 members (excludes halogenated alkanes) is 1. The number of nitrogens with one attached hydrogen (secondary N) is 12. The fourth-order valence-corrected chi connectivity index (χ4v) is 16.0. The molecule has 2 aliphatic heterocycles. The van der Waals surface area contributed by atoms with E-state index in [9.17, 15) is 38.3 Å². The highest BCUT2D eigenvalue weighted by molar-refractivity contribution is 7.98. The van der Waals surface area contributed by atoms with E-state index in [0.717, 1.165) is 11.1 Å². The van der Waals surface area contributed by atoms with E-state index in [1.54, 1.807) is 6.20 Å². The van der Waals surface area contributed by atoms with Crippen molar-refractivity contribution in [1.82, 2.24) is 72.4 Å². The third-order valence-electron chi connectivity index (χ3n) is 19.7. The van der Waals surface area contributed by atoms with E-state index in [1.807, 2.05) is 24.3 Å². The number of nitrogens with two attached hydrogens (primary N) is 2. The van der Waals surface area contributed by atoms with Gasteiger partial charge in [-0.25, -0.2) is 18.2 Å². The summed E-state index contributed by atoms with van der Waals surface area (Å²) in [5.41, 5.74) is 12.2. The number of carboxylic acid groups (broad SMARTS) is 1. The minimum absolute atomic E-state index is 0.00555. The number of imidazole rings is 1. The smallest absolute Gasteiger partial charge is 0.305 e. The summed E-state index contributed by atoms with van der Waals surface area (Å²) in [6.07, 6.45) is 6.44. The summed E-state index contributed by atoms with van der Waals surface area (Å²) < 4.78 is 45.1. The van der Waals surface area contributed by atoms with Gasteiger partial charge in [-0.2, -0.15) is 23.5 Å². The van der Waals surface area contributed by atoms with Gasteiger partial charge in [0.05, 0.1) is 19.3 Å². The number of aromatic nitrogens is 5. The molecule has 6 heterocycles. The lowest BCUT2D eigenvalue weighted by atomic mass is 10.0. The molecular formula is C72H79F3N16O12S2. The van der Waals surface area contributed by atoms with E-state index >= 15 is 32.8 Å². The second-order valence-corrected chi connectivity index (χ2v) is 29.1. The van der Waals surface area contributed by atoms with Crippen molar-refractivity contribution < 1.29 is 71.0 Å². The molecule has 4 aromatic carbocycles. The van der Waals surface area contributed by atoms with Gasteiger partial charge in [0.2, 0.25) is 59.1 Å². The number of H-pyrrole nitrogens is 4. The predicted molar refractivity (Wildman–Crippen MR) is 382 cm³/mol. The fraction of sp³-hybridized carbons (Fsp3) is 0.389. The molecule has 1 saturated heterocycles. The van der Waals surface area contributed by atoms with E-state index in [0.29, 0.717) is 87.2 Å². The first kappa shape index (κ1) is 74.1. The Morgan fingerprint density at radius 3 is 1.88 bits per heavy atom. The van der Waals surface area contributed by atoms with Gasteiger partial charge >= 0.3 is 5.97 Å². The maximum atomic E-state index is 15.7. The molecule has 28 nitrogen and oxygen atoms in total. The largest absolute Gasteiger partial charge is 0.481 e. The number of rotatable bonds is 13. The Morgan fingerprint density at radius 2 is 1.24 bits per heavy atom. The number of aromatic amines is 4. The Bertz CT molecular complexity index is 4670. The van der Waals surface area contributed by atoms with Crippen molar-refractivity contribution in [1.29, 1.82) is 0 Å². The van der Waals surface area contributed by atoms with Crippen LogP contribution in [0.15, 0.2) is 110 Å². The number of hydrogen-bond acceptors (Lipinski definition) is 15. The molecule has 4 aromatic heterocycles. The Hall–Kier alpha value is -10.7. The summed E-state index contributed by atoms with van der Waals surface area (Å²) in [5.74, 6) is -12.9. The SMILES string of the molecule is NCCCC[C@@H]1NC(=O)CCSCc2cccc(c2)CSC[C@@H](C(N)=O)NC(=O)[C@@H]2CCCN2C(=O)C2(C[C@H]2c2c[nH]c3ccc(F)cc23)NC(=O)C2(C[C@H]2c2cnc[nH]2)NC(=O)[C@H](CC(=O)O)NC(=O)[C@H](Cc2c[nH]c3ccc(F)cc23)NC(=O)[C@H](Cc2c[nH]c3ccc(F)cc23)NC(=O)CNC1=O. The van der Waals surface area contributed by atoms with Crippen molar-refractivity contribution in [2.24, 2.45) is 11.5 Å². The number of amides is 10. The van der Waals surface area contributed by atoms with Crippen LogP contribution in [-0.4, -0.2) is 178 Å². The summed E-state index contributed by atoms with van der Waals surface area (Å²) in [4.78, 5) is 177. The van der Waals surface area contributed by atoms with Crippen molar-refractivity contribution in [2.45, 2.75) is 141 Å². The van der Waals surface area contributed by atoms with Crippen LogP contribution in [0.25, 0.3) is 32.7 Å². The molecular weight excluding hydrogens is 1400 g/mol. The molecule has 3 fully saturated rings. The maximum absolute atomic E-state index is 15.7. The molecule has 2 spiro atoms. The number of nitrogens with zero attached hydrogens (tertiary/aromatic N) is 2. The topological polar surface area (TPSA) is 436 Å². The van der Waals surface area contributed by atoms with Gasteiger partial charge in [0.1, 0.15) is 64.8 Å². The number of carbonyl (C=O) groups is 11. The van der Waals surface area contributed by atoms with Gasteiger partial charge in [-0.15, -0.1) is 0 Å². The van der Waals surface area contributed by atoms with Crippen molar-refractivity contribution in [2.75, 3.05) is 31.1 Å². The fourth-order valence-electron chi connectivity index (χ4n) is 14.1. The van der Waals surface area contributed by atoms with E-state index in [2.05, 4.69) is 67.5 Å². The first-order valence-corrected chi connectivity index (χ1v) is 36.7. The second-order valence-electron chi connectivity index (χ2n) is 27.0. The molecule has 2 bridgehead atoms. The number of fused-ring (bicyclic) bond motifs is 6. The van der Waals surface area contributed by atoms with Crippen LogP contribution in [-0.2, 0) is 77.1 Å². The highest BCUT2D eigenvalue weighted by Gasteiger charge is 2.70. The average molecular weight is 1480 g/mol. The van der Waals surface area contributed by atoms with Gasteiger partial charge < -0.3 is 83.9 Å². The Kier molecular flexibility index (Phi) is 22.7. The maximum Gasteiger partial charge on any atom is 0.305 e. The molecule has 4 aliphatic rings. The number of carbonyl (C=O) groups excluding carboxylic acids is 10. The molecule has 2 aliphatic carbocycles. The van der Waals surface area contributed by atoms with Crippen LogP contribution in [0.4, 0.5) is 13.2 Å². The first-order chi connectivity index (χ1) is 50.5. The predicted octanol–water partition coefficient (Wildman–Crippen LogP) is 3.33. The lowest BCUT2D eigenvalue weighted by Crippen LogP contribution is -2.62. The third kappa shape index (κ3) is 17.1. The molecule has 8 aromatic rings. The van der Waals surface area contributed by atoms with Gasteiger partial charge in [-0.05, 0) is 134 Å². The van der Waals surface area contributed by atoms with Gasteiger partial charge in [-0.3, -0.25) is 52.7 Å². The van der Waals surface area contributed by atoms with E-state index in [-0.39, 0.29) is 61.8 Å². The Morgan fingerprint density at radius 1 is 0.629 bits per heavy atom. The minimum atomic E-state index is -2.06. The molecule has 12 rings (SSSR count). The van der Waals surface area contributed by atoms with Gasteiger partial charge in [0.25, 0.3) is 0 Å². The molecule has 2 unspecified atom stereocenters. The first-order valence-electron chi connectivity index (χ1n) is 34.4. The zero-order chi connectivity index (χ0) is 74.3. The summed E-state index contributed by atoms with van der Waals surface area (Å²) in [6.45, 7) is -0.435. The van der Waals surface area contributed by atoms with E-state index < -0.39 is 161 Å². The van der Waals surface area contributed by atoms with Crippen molar-refractivity contribution >= 4 is 121 Å². The lowest BCUT2D eigenvalue weighted by Gasteiger charge is -2.32. The van der Waals surface area contributed by atoms with Crippen LogP contribution in [0.2, 0.25) is 0 Å². The molecule has 33 heteroatoms. The molecule has 17 N–H and O–H groups in total. The quantitative estimate of drug-likeness (QED) is 0.0736. The molecule has 10 atom stereocenters. The number of carboxylic acids is 1. The molecule has 105 heavy (non-hydrogen) atoms. The lowest BCUT2D eigenvalue weighted by molar-refractivity contribution is -0.144. The standard InChI is InChI=1S/C72H79F3N16O12S2/c73-41-9-12-50-44(22-41)39(28-79-50)20-54-65(98)86-55(21-40-29-80-51-13-10-42(74)23-45(40)51)66(99)87-56(25-62(94)95)67(100)89-71(27-49(71)57-31-78-36-83-57)69(102)90-72(26-48(72)47-30-81-52-14-11-43(75)24-46(47)52)70(103)91-17-4-8-59(91)68(101)88-58(63(77)96)35-105-34-38-6-3-5-37(19-38)33-104-18-15-60(92)84-53(7-1-2-16-76)64(97)82-32-61(93)85-54/h3,5-6,9-14,19,22-24,28-31,36,48-49,53-56,58-59,79-81H,1-2,4,7-8,15-18,20-21,25-27,32-35,76H2,(H2,77,96)(H,78,83)(H,82,97)(H,84,92)(H,85,93)(H,86,98)(H,87,99)(H,88,101)(H,89,100)(H,90,102)(H,94,95)/t48-,49-,53-,54-,55-,56-,58-,59-,71?,72?/m0/s1. The van der Waals surface area contributed by atoms with Gasteiger partial charge in [0, 0.05) is 124 Å². The zero-order valence-electron chi connectivity index (χ0n) is 56.7. The summed E-state index contributed by atoms with van der Waals surface area (Å²) in [5, 5.41) is 32.9. The number of hydrogen-bond donors (Lipinski definition) is 15. The third-order valence-corrected chi connectivity index (χ3v) is 21.9. The molecule has 2 saturated carbocycles. The average Bonchev–Trinajstić information content (AvgIpc) is 1.53. The van der Waals surface area contributed by atoms with Crippen LogP contribution >= 0.6 is 23.5 Å². The van der Waals surface area contributed by atoms with Crippen LogP contribution in [0.5, 0.6) is 0 Å². The van der Waals surface area contributed by atoms with Crippen LogP contribution in [0.1, 0.15) is 103 Å². The molecule has 552 valence electrons. The Balaban J connectivity index is 0.885. The Labute approximate surface area is 606 Å².